The van der Waals surface area contributed by atoms with Crippen molar-refractivity contribution >= 4 is 17.0 Å². The average molecular weight is 216 g/mol. The molecule has 1 fully saturated rings. The van der Waals surface area contributed by atoms with Crippen LogP contribution in [0.5, 0.6) is 0 Å². The Hall–Kier alpha value is -1.84. The van der Waals surface area contributed by atoms with Crippen LogP contribution in [0.1, 0.15) is 28.8 Å². The maximum absolute atomic E-state index is 10.9. The molecule has 4 nitrogen and oxygen atoms in total. The van der Waals surface area contributed by atoms with E-state index in [0.717, 1.165) is 23.4 Å². The molecule has 0 radical (unpaired) electrons. The fourth-order valence-corrected chi connectivity index (χ4v) is 1.98. The van der Waals surface area contributed by atoms with Crippen LogP contribution in [0, 0.1) is 5.92 Å². The number of nitrogens with one attached hydrogen (secondary N) is 1. The number of aromatic amines is 1. The van der Waals surface area contributed by atoms with E-state index in [1.165, 1.54) is 24.6 Å². The van der Waals surface area contributed by atoms with Gasteiger partial charge in [-0.2, -0.15) is 0 Å². The molecule has 0 atom stereocenters. The summed E-state index contributed by atoms with van der Waals surface area (Å²) in [6, 6.07) is 1.71. The molecule has 0 amide bonds. The van der Waals surface area contributed by atoms with Crippen molar-refractivity contribution in [1.29, 1.82) is 0 Å². The largest absolute Gasteiger partial charge is 0.478 e. The van der Waals surface area contributed by atoms with Gasteiger partial charge in [0.2, 0.25) is 0 Å². The molecule has 16 heavy (non-hydrogen) atoms. The first kappa shape index (κ1) is 9.39. The molecule has 2 heterocycles. The number of carboxylic acid groups (broad SMARTS) is 1. The first-order valence-electron chi connectivity index (χ1n) is 5.43. The minimum absolute atomic E-state index is 0.254. The third kappa shape index (κ3) is 1.56. The van der Waals surface area contributed by atoms with E-state index in [9.17, 15) is 4.79 Å². The predicted octanol–water partition coefficient (Wildman–Crippen LogP) is 2.21. The maximum Gasteiger partial charge on any atom is 0.337 e. The Balaban J connectivity index is 2.07. The molecule has 4 heteroatoms. The number of aromatic nitrogens is 2. The van der Waals surface area contributed by atoms with Crippen LogP contribution < -0.4 is 0 Å². The number of H-pyrrole nitrogens is 1. The van der Waals surface area contributed by atoms with Crippen molar-refractivity contribution in [1.82, 2.24) is 9.97 Å². The molecule has 1 aliphatic carbocycles. The fourth-order valence-electron chi connectivity index (χ4n) is 1.98. The first-order chi connectivity index (χ1) is 7.74. The van der Waals surface area contributed by atoms with Crippen molar-refractivity contribution in [3.63, 3.8) is 0 Å². The van der Waals surface area contributed by atoms with Gasteiger partial charge in [0.15, 0.2) is 0 Å². The summed E-state index contributed by atoms with van der Waals surface area (Å²) in [4.78, 5) is 18.1. The van der Waals surface area contributed by atoms with Gasteiger partial charge in [-0.25, -0.2) is 9.78 Å². The summed E-state index contributed by atoms with van der Waals surface area (Å²) in [6.07, 6.45) is 6.95. The van der Waals surface area contributed by atoms with Crippen LogP contribution in [-0.4, -0.2) is 21.0 Å². The van der Waals surface area contributed by atoms with E-state index < -0.39 is 5.97 Å². The summed E-state index contributed by atoms with van der Waals surface area (Å²) < 4.78 is 0. The summed E-state index contributed by atoms with van der Waals surface area (Å²) in [5.74, 6) is -0.138. The summed E-state index contributed by atoms with van der Waals surface area (Å²) in [7, 11) is 0. The lowest BCUT2D eigenvalue weighted by molar-refractivity contribution is 0.0696. The smallest absolute Gasteiger partial charge is 0.337 e. The Morgan fingerprint density at radius 2 is 2.38 bits per heavy atom. The molecule has 82 valence electrons. The lowest BCUT2D eigenvalue weighted by Crippen LogP contribution is -1.97. The molecule has 2 aromatic heterocycles. The fraction of sp³-hybridized carbons (Fsp3) is 0.333. The van der Waals surface area contributed by atoms with Gasteiger partial charge in [0.25, 0.3) is 0 Å². The Kier molecular flexibility index (Phi) is 1.96. The number of pyridine rings is 1. The normalized spacial score (nSPS) is 15.5. The number of hydrogen-bond acceptors (Lipinski definition) is 2. The summed E-state index contributed by atoms with van der Waals surface area (Å²) in [6.45, 7) is 0. The third-order valence-corrected chi connectivity index (χ3v) is 3.07. The average Bonchev–Trinajstić information content (AvgIpc) is 2.99. The van der Waals surface area contributed by atoms with Crippen molar-refractivity contribution in [2.75, 3.05) is 0 Å². The van der Waals surface area contributed by atoms with E-state index in [2.05, 4.69) is 9.97 Å². The molecule has 0 spiro atoms. The van der Waals surface area contributed by atoms with E-state index in [4.69, 9.17) is 5.11 Å². The molecule has 2 aromatic rings. The lowest BCUT2D eigenvalue weighted by atomic mass is 10.1. The molecule has 0 aliphatic heterocycles. The van der Waals surface area contributed by atoms with Gasteiger partial charge in [0.1, 0.15) is 5.65 Å². The summed E-state index contributed by atoms with van der Waals surface area (Å²) in [5, 5.41) is 9.87. The minimum atomic E-state index is -0.923. The van der Waals surface area contributed by atoms with E-state index in [-0.39, 0.29) is 5.56 Å². The van der Waals surface area contributed by atoms with Gasteiger partial charge >= 0.3 is 5.97 Å². The SMILES string of the molecule is O=C(O)c1cnc2[nH]cc(CC3CC3)c2c1. The maximum atomic E-state index is 10.9. The quantitative estimate of drug-likeness (QED) is 0.826. The number of hydrogen-bond donors (Lipinski definition) is 2. The topological polar surface area (TPSA) is 66.0 Å². The van der Waals surface area contributed by atoms with Crippen molar-refractivity contribution in [2.24, 2.45) is 5.92 Å². The number of carbonyl (C=O) groups is 1. The zero-order valence-corrected chi connectivity index (χ0v) is 8.73. The predicted molar refractivity (Wildman–Crippen MR) is 59.5 cm³/mol. The second kappa shape index (κ2) is 3.33. The molecular formula is C12H12N2O2. The van der Waals surface area contributed by atoms with Crippen LogP contribution in [0.25, 0.3) is 11.0 Å². The highest BCUT2D eigenvalue weighted by Crippen LogP contribution is 2.34. The zero-order valence-electron chi connectivity index (χ0n) is 8.73. The molecule has 2 N–H and O–H groups in total. The standard InChI is InChI=1S/C12H12N2O2/c15-12(16)9-4-10-8(3-7-1-2-7)5-13-11(10)14-6-9/h4-7H,1-3H2,(H,13,14)(H,15,16). The van der Waals surface area contributed by atoms with E-state index in [0.29, 0.717) is 0 Å². The Bertz CT molecular complexity index is 555. The highest BCUT2D eigenvalue weighted by molar-refractivity contribution is 5.92. The molecule has 1 aliphatic rings. The van der Waals surface area contributed by atoms with Gasteiger partial charge in [-0.1, -0.05) is 0 Å². The molecule has 0 aromatic carbocycles. The molecule has 1 saturated carbocycles. The van der Waals surface area contributed by atoms with Gasteiger partial charge in [0.05, 0.1) is 5.56 Å². The Labute approximate surface area is 92.3 Å². The molecule has 0 bridgehead atoms. The molecular weight excluding hydrogens is 204 g/mol. The monoisotopic (exact) mass is 216 g/mol. The third-order valence-electron chi connectivity index (χ3n) is 3.07. The van der Waals surface area contributed by atoms with E-state index in [1.807, 2.05) is 6.20 Å². The van der Waals surface area contributed by atoms with Crippen LogP contribution in [-0.2, 0) is 6.42 Å². The molecule has 0 unspecified atom stereocenters. The van der Waals surface area contributed by atoms with Crippen molar-refractivity contribution < 1.29 is 9.90 Å². The Morgan fingerprint density at radius 3 is 3.06 bits per heavy atom. The number of fused-ring (bicyclic) bond motifs is 1. The van der Waals surface area contributed by atoms with E-state index in [1.54, 1.807) is 6.07 Å². The van der Waals surface area contributed by atoms with Crippen molar-refractivity contribution in [3.05, 3.63) is 29.6 Å². The van der Waals surface area contributed by atoms with Crippen LogP contribution in [0.4, 0.5) is 0 Å². The second-order valence-electron chi connectivity index (χ2n) is 4.39. The van der Waals surface area contributed by atoms with Crippen molar-refractivity contribution in [3.8, 4) is 0 Å². The van der Waals surface area contributed by atoms with Gasteiger partial charge < -0.3 is 10.1 Å². The van der Waals surface area contributed by atoms with Crippen LogP contribution >= 0.6 is 0 Å². The van der Waals surface area contributed by atoms with Gasteiger partial charge in [-0.3, -0.25) is 0 Å². The van der Waals surface area contributed by atoms with Crippen LogP contribution in [0.3, 0.4) is 0 Å². The minimum Gasteiger partial charge on any atom is -0.478 e. The lowest BCUT2D eigenvalue weighted by Gasteiger charge is -1.98. The van der Waals surface area contributed by atoms with E-state index >= 15 is 0 Å². The highest BCUT2D eigenvalue weighted by atomic mass is 16.4. The molecule has 3 rings (SSSR count). The summed E-state index contributed by atoms with van der Waals surface area (Å²) >= 11 is 0. The summed E-state index contributed by atoms with van der Waals surface area (Å²) in [5.41, 5.74) is 2.22. The van der Waals surface area contributed by atoms with Gasteiger partial charge in [-0.15, -0.1) is 0 Å². The number of nitrogens with zero attached hydrogens (tertiary/aromatic N) is 1. The number of aromatic carboxylic acids is 1. The Morgan fingerprint density at radius 1 is 1.56 bits per heavy atom. The second-order valence-corrected chi connectivity index (χ2v) is 4.39. The first-order valence-corrected chi connectivity index (χ1v) is 5.43. The molecule has 0 saturated heterocycles. The highest BCUT2D eigenvalue weighted by Gasteiger charge is 2.23. The van der Waals surface area contributed by atoms with Crippen LogP contribution in [0.15, 0.2) is 18.5 Å². The zero-order chi connectivity index (χ0) is 11.1. The van der Waals surface area contributed by atoms with Crippen molar-refractivity contribution in [2.45, 2.75) is 19.3 Å². The van der Waals surface area contributed by atoms with Crippen LogP contribution in [0.2, 0.25) is 0 Å². The van der Waals surface area contributed by atoms with Gasteiger partial charge in [0, 0.05) is 17.8 Å². The van der Waals surface area contributed by atoms with Gasteiger partial charge in [-0.05, 0) is 36.8 Å². The number of rotatable bonds is 3. The number of carboxylic acids is 1.